The Kier molecular flexibility index (Phi) is 11.8. The van der Waals surface area contributed by atoms with Gasteiger partial charge in [-0.15, -0.1) is 10.2 Å². The van der Waals surface area contributed by atoms with Gasteiger partial charge in [-0.2, -0.15) is 0 Å². The molecule has 0 amide bonds. The van der Waals surface area contributed by atoms with Crippen LogP contribution < -0.4 is 0 Å². The van der Waals surface area contributed by atoms with Crippen molar-refractivity contribution in [1.82, 2.24) is 10.0 Å². The Morgan fingerprint density at radius 1 is 0.673 bits per heavy atom. The van der Waals surface area contributed by atoms with E-state index in [0.29, 0.717) is 11.1 Å². The summed E-state index contributed by atoms with van der Waals surface area (Å²) < 4.78 is 56.7. The molecular formula is C39H31F4IN6O2. The Morgan fingerprint density at radius 3 is 1.44 bits per heavy atom. The summed E-state index contributed by atoms with van der Waals surface area (Å²) in [6.45, 7) is 9.57. The number of hydrazone groups is 2. The number of rotatable bonds is 10. The summed E-state index contributed by atoms with van der Waals surface area (Å²) in [5, 5.41) is 33.4. The SMILES string of the molecule is C=C(c1ccc(C)cc1)C(O)(CN1C=NC=C=N1)c1ccc(F)cc1F.C=C(c1ccc(I)cc1)C(O)(CN1C=NC=C=N1)c1ccc(F)cc1F. The first-order chi connectivity index (χ1) is 24.8. The molecule has 6 rings (SSSR count). The normalized spacial score (nSPS) is 15.2. The quantitative estimate of drug-likeness (QED) is 0.128. The largest absolute Gasteiger partial charge is 0.378 e. The van der Waals surface area contributed by atoms with Gasteiger partial charge >= 0.3 is 0 Å². The predicted octanol–water partition coefficient (Wildman–Crippen LogP) is 7.53. The Labute approximate surface area is 311 Å². The second kappa shape index (κ2) is 16.3. The van der Waals surface area contributed by atoms with Gasteiger partial charge in [0.15, 0.2) is 0 Å². The number of halogens is 5. The lowest BCUT2D eigenvalue weighted by Crippen LogP contribution is -2.40. The fraction of sp³-hybridized carbons (Fsp3) is 0.128. The number of aliphatic hydroxyl groups is 2. The summed E-state index contributed by atoms with van der Waals surface area (Å²) in [5.41, 5.74) is -1.08. The van der Waals surface area contributed by atoms with E-state index in [1.165, 1.54) is 47.2 Å². The van der Waals surface area contributed by atoms with Gasteiger partial charge in [-0.05, 0) is 88.2 Å². The number of β-amino-alcohol motifs (C(OH)–C–C–N with tert-alkyl or cyclic N) is 2. The van der Waals surface area contributed by atoms with Crippen molar-refractivity contribution in [3.63, 3.8) is 0 Å². The summed E-state index contributed by atoms with van der Waals surface area (Å²) in [4.78, 5) is 7.79. The Bertz CT molecular complexity index is 2020. The fourth-order valence-corrected chi connectivity index (χ4v) is 5.74. The highest BCUT2D eigenvalue weighted by Gasteiger charge is 2.39. The average Bonchev–Trinajstić information content (AvgIpc) is 3.12. The van der Waals surface area contributed by atoms with Crippen LogP contribution in [0.3, 0.4) is 0 Å². The van der Waals surface area contributed by atoms with Gasteiger partial charge in [-0.25, -0.2) is 37.6 Å². The zero-order valence-corrected chi connectivity index (χ0v) is 29.8. The monoisotopic (exact) mass is 818 g/mol. The molecule has 8 nitrogen and oxygen atoms in total. The van der Waals surface area contributed by atoms with Crippen molar-refractivity contribution in [2.75, 3.05) is 13.1 Å². The molecule has 52 heavy (non-hydrogen) atoms. The van der Waals surface area contributed by atoms with Gasteiger partial charge in [0.1, 0.15) is 47.1 Å². The van der Waals surface area contributed by atoms with Crippen LogP contribution in [0.4, 0.5) is 17.6 Å². The van der Waals surface area contributed by atoms with Crippen molar-refractivity contribution in [2.45, 2.75) is 18.1 Å². The van der Waals surface area contributed by atoms with Gasteiger partial charge in [-0.1, -0.05) is 55.1 Å². The number of aliphatic imine (C=N–C) groups is 2. The second-order valence-electron chi connectivity index (χ2n) is 11.7. The van der Waals surface area contributed by atoms with E-state index in [9.17, 15) is 27.8 Å². The fourth-order valence-electron chi connectivity index (χ4n) is 5.38. The number of aryl methyl sites for hydroxylation is 1. The molecule has 0 aromatic heterocycles. The van der Waals surface area contributed by atoms with E-state index in [4.69, 9.17) is 0 Å². The molecule has 2 aliphatic rings. The highest BCUT2D eigenvalue weighted by Crippen LogP contribution is 2.39. The third kappa shape index (κ3) is 8.71. The van der Waals surface area contributed by atoms with Gasteiger partial charge in [-0.3, -0.25) is 0 Å². The molecule has 264 valence electrons. The van der Waals surface area contributed by atoms with Crippen molar-refractivity contribution >= 4 is 58.2 Å². The Morgan fingerprint density at radius 2 is 1.08 bits per heavy atom. The molecule has 0 aliphatic carbocycles. The van der Waals surface area contributed by atoms with Crippen LogP contribution in [0.25, 0.3) is 11.1 Å². The average molecular weight is 819 g/mol. The van der Waals surface area contributed by atoms with E-state index in [-0.39, 0.29) is 35.4 Å². The highest BCUT2D eigenvalue weighted by atomic mass is 127. The van der Waals surface area contributed by atoms with Gasteiger partial charge < -0.3 is 10.2 Å². The molecule has 4 aromatic carbocycles. The van der Waals surface area contributed by atoms with Gasteiger partial charge in [0.05, 0.1) is 25.5 Å². The smallest absolute Gasteiger partial charge is 0.137 e. The van der Waals surface area contributed by atoms with Gasteiger partial charge in [0.25, 0.3) is 0 Å². The molecule has 2 aliphatic heterocycles. The molecule has 0 fully saturated rings. The zero-order valence-electron chi connectivity index (χ0n) is 27.7. The minimum absolute atomic E-state index is 0.0948. The van der Waals surface area contributed by atoms with Crippen molar-refractivity contribution in [2.24, 2.45) is 20.2 Å². The van der Waals surface area contributed by atoms with Crippen LogP contribution in [0.1, 0.15) is 27.8 Å². The maximum atomic E-state index is 14.5. The first-order valence-corrected chi connectivity index (χ1v) is 16.6. The van der Waals surface area contributed by atoms with Crippen LogP contribution in [-0.4, -0.2) is 57.7 Å². The van der Waals surface area contributed by atoms with Crippen LogP contribution in [-0.2, 0) is 11.2 Å². The molecule has 2 atom stereocenters. The maximum absolute atomic E-state index is 14.5. The number of nitrogens with zero attached hydrogens (tertiary/aromatic N) is 6. The van der Waals surface area contributed by atoms with E-state index < -0.39 is 34.5 Å². The molecule has 13 heteroatoms. The standard InChI is InChI=1S/C20H17F2N3O.C19H14F2IN3O/c1-14-3-5-16(6-4-14)15(2)20(26,12-25-13-23-9-10-24-25)18-8-7-17(21)11-19(18)22;1-13(14-2-5-16(22)6-3-14)19(26,11-25-12-23-8-9-24-25)17-7-4-15(20)10-18(17)21/h3-9,11,13,26H,2,12H2,1H3;2-8,10,12,26H,1,11H2. The van der Waals surface area contributed by atoms with Crippen LogP contribution in [0.5, 0.6) is 0 Å². The summed E-state index contributed by atoms with van der Waals surface area (Å²) >= 11 is 2.16. The third-order valence-electron chi connectivity index (χ3n) is 8.16. The molecule has 4 aromatic rings. The summed E-state index contributed by atoms with van der Waals surface area (Å²) in [7, 11) is 0. The van der Waals surface area contributed by atoms with Crippen molar-refractivity contribution in [3.8, 4) is 0 Å². The van der Waals surface area contributed by atoms with Crippen molar-refractivity contribution < 1.29 is 27.8 Å². The molecule has 0 saturated carbocycles. The van der Waals surface area contributed by atoms with Crippen LogP contribution >= 0.6 is 22.6 Å². The minimum atomic E-state index is -1.86. The molecular weight excluding hydrogens is 787 g/mol. The number of benzene rings is 4. The second-order valence-corrected chi connectivity index (χ2v) is 13.0. The molecule has 2 unspecified atom stereocenters. The molecule has 0 bridgehead atoms. The van der Waals surface area contributed by atoms with Crippen LogP contribution in [0.2, 0.25) is 0 Å². The molecule has 2 heterocycles. The maximum Gasteiger partial charge on any atom is 0.137 e. The van der Waals surface area contributed by atoms with E-state index >= 15 is 0 Å². The van der Waals surface area contributed by atoms with E-state index in [2.05, 4.69) is 67.7 Å². The minimum Gasteiger partial charge on any atom is -0.378 e. The van der Waals surface area contributed by atoms with E-state index in [0.717, 1.165) is 33.4 Å². The summed E-state index contributed by atoms with van der Waals surface area (Å²) in [6, 6.07) is 20.7. The lowest BCUT2D eigenvalue weighted by atomic mass is 9.82. The number of hydrogen-bond donors (Lipinski definition) is 2. The first-order valence-electron chi connectivity index (χ1n) is 15.5. The van der Waals surface area contributed by atoms with Crippen molar-refractivity contribution in [1.29, 1.82) is 0 Å². The van der Waals surface area contributed by atoms with Gasteiger partial charge in [0, 0.05) is 38.6 Å². The molecule has 2 N–H and O–H groups in total. The third-order valence-corrected chi connectivity index (χ3v) is 8.88. The molecule has 0 spiro atoms. The summed E-state index contributed by atoms with van der Waals surface area (Å²) in [5.74, 6) is 1.91. The Hall–Kier alpha value is -5.43. The Balaban J connectivity index is 0.000000201. The highest BCUT2D eigenvalue weighted by molar-refractivity contribution is 14.1. The summed E-state index contributed by atoms with van der Waals surface area (Å²) in [6.07, 6.45) is 5.49. The predicted molar refractivity (Wildman–Crippen MR) is 203 cm³/mol. The lowest BCUT2D eigenvalue weighted by molar-refractivity contribution is 0.0721. The van der Waals surface area contributed by atoms with E-state index in [1.807, 2.05) is 31.2 Å². The zero-order chi connectivity index (χ0) is 37.5. The lowest BCUT2D eigenvalue weighted by Gasteiger charge is -2.34. The van der Waals surface area contributed by atoms with E-state index in [1.54, 1.807) is 24.3 Å². The topological polar surface area (TPSA) is 96.4 Å². The number of hydrogen-bond acceptors (Lipinski definition) is 8. The first kappa shape index (κ1) is 37.8. The van der Waals surface area contributed by atoms with Crippen molar-refractivity contribution in [3.05, 3.63) is 165 Å². The van der Waals surface area contributed by atoms with Gasteiger partial charge in [0.2, 0.25) is 0 Å². The van der Waals surface area contributed by atoms with Crippen LogP contribution in [0, 0.1) is 33.8 Å². The van der Waals surface area contributed by atoms with Crippen LogP contribution in [0.15, 0.2) is 131 Å². The molecule has 0 saturated heterocycles. The molecule has 0 radical (unpaired) electrons.